The largest absolute Gasteiger partial charge is 0.394 e. The van der Waals surface area contributed by atoms with Crippen molar-refractivity contribution in [2.24, 2.45) is 0 Å². The Morgan fingerprint density at radius 2 is 0.622 bits per heavy atom. The van der Waals surface area contributed by atoms with Gasteiger partial charge >= 0.3 is 0 Å². The lowest BCUT2D eigenvalue weighted by atomic mass is 9.94. The first-order chi connectivity index (χ1) is 42.5. The van der Waals surface area contributed by atoms with Crippen molar-refractivity contribution >= 4 is 23.6 Å². The van der Waals surface area contributed by atoms with E-state index in [4.69, 9.17) is 61.6 Å². The van der Waals surface area contributed by atoms with Crippen LogP contribution in [0, 0.1) is 0 Å². The summed E-state index contributed by atoms with van der Waals surface area (Å²) in [5, 5.41) is 218. The molecule has 7 aliphatic heterocycles. The molecule has 0 saturated carbocycles. The SMILES string of the molecule is CC(=O)N[C@@H]1[C@@H](O)[C@H](O[C@@H]2O[C@H](CO)[C@@H](O[C@@H]3O[C@H](CO[C@H]4O[C@H](CO[C@@H]5O[C@H](CO)[C@@H](O)[C@H](O)[C@H]5NC(C)=O)[C@@H](O)[C@H](O)[C@@H]4O)[C@@H](O)[C@H](O[C@H]4O[C@H](CO)[C@@H](O)[C@H](O)[C@@H]4O[C@@H]4O[C@H](CO)[C@@H](O)[C@H](O)[C@H]4NC(C)=O)[C@@H]3O)[C@H](O)[C@H]2NC(C)=O)[C@@H](CO)O[C@H]1O. The minimum Gasteiger partial charge on any atom is -0.394 e. The van der Waals surface area contributed by atoms with Crippen LogP contribution in [0.3, 0.4) is 0 Å². The van der Waals surface area contributed by atoms with Crippen LogP contribution in [-0.4, -0.2) is 382 Å². The fourth-order valence-corrected chi connectivity index (χ4v) is 11.4. The van der Waals surface area contributed by atoms with Gasteiger partial charge in [0, 0.05) is 27.7 Å². The Morgan fingerprint density at radius 1 is 0.289 bits per heavy atom. The van der Waals surface area contributed by atoms with E-state index in [0.29, 0.717) is 0 Å². The van der Waals surface area contributed by atoms with E-state index in [9.17, 15) is 116 Å². The summed E-state index contributed by atoms with van der Waals surface area (Å²) in [7, 11) is 0. The minimum absolute atomic E-state index is 0.724. The Kier molecular flexibility index (Phi) is 26.6. The van der Waals surface area contributed by atoms with Crippen LogP contribution < -0.4 is 21.3 Å². The van der Waals surface area contributed by atoms with Gasteiger partial charge in [0.1, 0.15) is 171 Å². The highest BCUT2D eigenvalue weighted by Gasteiger charge is 2.58. The van der Waals surface area contributed by atoms with Gasteiger partial charge in [0.2, 0.25) is 23.6 Å². The van der Waals surface area contributed by atoms with Gasteiger partial charge in [-0.25, -0.2) is 0 Å². The number of aliphatic hydroxyl groups excluding tert-OH is 19. The van der Waals surface area contributed by atoms with Crippen LogP contribution in [0.1, 0.15) is 27.7 Å². The van der Waals surface area contributed by atoms with Crippen molar-refractivity contribution in [2.75, 3.05) is 46.2 Å². The van der Waals surface area contributed by atoms with Gasteiger partial charge in [-0.15, -0.1) is 0 Å². The number of nitrogens with one attached hydrogen (secondary N) is 4. The fraction of sp³-hybridized carbons (Fsp3) is 0.920. The molecule has 7 aliphatic rings. The summed E-state index contributed by atoms with van der Waals surface area (Å²) in [4.78, 5) is 49.2. The third kappa shape index (κ3) is 16.6. The second-order valence-electron chi connectivity index (χ2n) is 22.6. The van der Waals surface area contributed by atoms with Crippen molar-refractivity contribution in [1.82, 2.24) is 21.3 Å². The van der Waals surface area contributed by atoms with Crippen LogP contribution in [0.5, 0.6) is 0 Å². The van der Waals surface area contributed by atoms with Crippen molar-refractivity contribution in [3.63, 3.8) is 0 Å². The molecule has 0 bridgehead atoms. The van der Waals surface area contributed by atoms with Crippen molar-refractivity contribution in [1.29, 1.82) is 0 Å². The van der Waals surface area contributed by atoms with Crippen LogP contribution in [0.15, 0.2) is 0 Å². The molecule has 0 unspecified atom stereocenters. The number of amides is 4. The Labute approximate surface area is 510 Å². The minimum atomic E-state index is -2.43. The smallest absolute Gasteiger partial charge is 0.217 e. The Bertz CT molecular complexity index is 2310. The predicted molar refractivity (Wildman–Crippen MR) is 278 cm³/mol. The Morgan fingerprint density at radius 3 is 1.12 bits per heavy atom. The molecule has 0 aromatic carbocycles. The average molecular weight is 1320 g/mol. The molecule has 90 heavy (non-hydrogen) atoms. The number of hydrogen-bond acceptors (Lipinski definition) is 36. The number of aliphatic hydroxyl groups is 19. The van der Waals surface area contributed by atoms with Gasteiger partial charge in [-0.3, -0.25) is 19.2 Å². The Hall–Kier alpha value is -3.40. The summed E-state index contributed by atoms with van der Waals surface area (Å²) < 4.78 is 75.9. The van der Waals surface area contributed by atoms with E-state index in [1.807, 2.05) is 0 Å². The highest BCUT2D eigenvalue weighted by molar-refractivity contribution is 5.74. The fourth-order valence-electron chi connectivity index (χ4n) is 11.4. The van der Waals surface area contributed by atoms with E-state index in [1.165, 1.54) is 0 Å². The molecule has 0 aromatic heterocycles. The molecule has 4 amide bonds. The molecule has 0 aliphatic carbocycles. The van der Waals surface area contributed by atoms with E-state index in [1.54, 1.807) is 0 Å². The zero-order valence-electron chi connectivity index (χ0n) is 48.6. The molecular formula is C50H84N4O36. The summed E-state index contributed by atoms with van der Waals surface area (Å²) in [6.07, 6.45) is -61.0. The first-order valence-electron chi connectivity index (χ1n) is 28.6. The number of hydrogen-bond donors (Lipinski definition) is 23. The molecule has 520 valence electrons. The number of carbonyl (C=O) groups excluding carboxylic acids is 4. The zero-order valence-corrected chi connectivity index (χ0v) is 48.6. The van der Waals surface area contributed by atoms with Gasteiger partial charge < -0.3 is 180 Å². The molecule has 0 radical (unpaired) electrons. The van der Waals surface area contributed by atoms with Crippen LogP contribution in [0.25, 0.3) is 0 Å². The second kappa shape index (κ2) is 32.4. The molecule has 0 aromatic rings. The average Bonchev–Trinajstić information content (AvgIpc) is 0.961. The lowest BCUT2D eigenvalue weighted by molar-refractivity contribution is -0.394. The van der Waals surface area contributed by atoms with Crippen LogP contribution in [0.2, 0.25) is 0 Å². The normalized spacial score (nSPS) is 47.6. The first kappa shape index (κ1) is 74.0. The van der Waals surface area contributed by atoms with E-state index in [-0.39, 0.29) is 0 Å². The highest BCUT2D eigenvalue weighted by atomic mass is 16.8. The van der Waals surface area contributed by atoms with Crippen molar-refractivity contribution in [2.45, 2.75) is 242 Å². The maximum absolute atomic E-state index is 12.8. The van der Waals surface area contributed by atoms with Crippen molar-refractivity contribution in [3.05, 3.63) is 0 Å². The molecule has 7 heterocycles. The summed E-state index contributed by atoms with van der Waals surface area (Å²) in [5.74, 6) is -3.18. The van der Waals surface area contributed by atoms with Crippen molar-refractivity contribution < 1.29 is 178 Å². The maximum atomic E-state index is 12.8. The molecule has 0 spiro atoms. The van der Waals surface area contributed by atoms with Crippen LogP contribution in [-0.2, 0) is 80.8 Å². The van der Waals surface area contributed by atoms with Gasteiger partial charge in [0.25, 0.3) is 0 Å². The number of rotatable bonds is 23. The van der Waals surface area contributed by atoms with E-state index < -0.39 is 285 Å². The quantitative estimate of drug-likeness (QED) is 0.0452. The predicted octanol–water partition coefficient (Wildman–Crippen LogP) is -15.7. The highest BCUT2D eigenvalue weighted by Crippen LogP contribution is 2.37. The Balaban J connectivity index is 1.20. The lowest BCUT2D eigenvalue weighted by Gasteiger charge is -2.51. The molecule has 40 heteroatoms. The van der Waals surface area contributed by atoms with Gasteiger partial charge in [-0.2, -0.15) is 0 Å². The lowest BCUT2D eigenvalue weighted by Crippen LogP contribution is -2.70. The third-order valence-electron chi connectivity index (χ3n) is 16.1. The van der Waals surface area contributed by atoms with Gasteiger partial charge in [0.05, 0.1) is 46.2 Å². The molecule has 7 saturated heterocycles. The van der Waals surface area contributed by atoms with Crippen LogP contribution in [0.4, 0.5) is 0 Å². The summed E-state index contributed by atoms with van der Waals surface area (Å²) in [5.41, 5.74) is 0. The van der Waals surface area contributed by atoms with Crippen LogP contribution >= 0.6 is 0 Å². The monoisotopic (exact) mass is 1320 g/mol. The van der Waals surface area contributed by atoms with E-state index >= 15 is 0 Å². The summed E-state index contributed by atoms with van der Waals surface area (Å²) in [6.45, 7) is -2.72. The topological polar surface area (TPSA) is 621 Å². The molecule has 23 N–H and O–H groups in total. The van der Waals surface area contributed by atoms with E-state index in [0.717, 1.165) is 27.7 Å². The maximum Gasteiger partial charge on any atom is 0.217 e. The van der Waals surface area contributed by atoms with Crippen molar-refractivity contribution in [3.8, 4) is 0 Å². The van der Waals surface area contributed by atoms with Gasteiger partial charge in [-0.1, -0.05) is 0 Å². The second-order valence-corrected chi connectivity index (χ2v) is 22.6. The molecular weight excluding hydrogens is 1230 g/mol. The summed E-state index contributed by atoms with van der Waals surface area (Å²) in [6, 6.07) is -6.63. The summed E-state index contributed by atoms with van der Waals surface area (Å²) >= 11 is 0. The molecule has 35 atom stereocenters. The number of carbonyl (C=O) groups is 4. The standard InChI is InChI=1S/C50H84N4O36/c1-12(60)51-23-34(71)40(19(8-58)80-44(23)77)87-47-26(54-15(4)63)35(72)41(20(9-59)84-47)88-49-39(76)42(89-50-43(37(74)29(66)18(7-57)83-50)90-46-25(53-14(3)62)33(70)28(65)17(6-56)82-46)31(68)22(86-49)11-79-48-38(75)36(73)30(67)21(85-48)10-78-45-24(52-13(2)61)32(69)27(64)16(5-55)81-45/h16-50,55-59,64-77H,5-11H2,1-4H3,(H,51,60)(H,52,61)(H,53,62)(H,54,63)/t16-,17-,18-,19-,20-,21-,22-,23-,24-,25-,26-,27-,28-,29-,30-,31-,32-,33-,34-,35-,36+,37+,38+,39+,40-,41-,42+,43+,44-,45-,46+,47+,48+,49+,50-/m1/s1. The third-order valence-corrected chi connectivity index (χ3v) is 16.1. The molecule has 7 fully saturated rings. The van der Waals surface area contributed by atoms with Gasteiger partial charge in [0.15, 0.2) is 44.0 Å². The first-order valence-corrected chi connectivity index (χ1v) is 28.6. The zero-order chi connectivity index (χ0) is 66.5. The number of ether oxygens (including phenoxy) is 13. The van der Waals surface area contributed by atoms with Gasteiger partial charge in [-0.05, 0) is 0 Å². The molecule has 7 rings (SSSR count). The van der Waals surface area contributed by atoms with E-state index in [2.05, 4.69) is 21.3 Å². The molecule has 40 nitrogen and oxygen atoms in total.